The van der Waals surface area contributed by atoms with E-state index in [1.54, 1.807) is 6.92 Å². The van der Waals surface area contributed by atoms with Gasteiger partial charge in [0.2, 0.25) is 0 Å². The van der Waals surface area contributed by atoms with Crippen LogP contribution in [0.15, 0.2) is 0 Å². The molecule has 78 valence electrons. The maximum absolute atomic E-state index is 11.2. The number of hydrogen-bond donors (Lipinski definition) is 0. The highest BCUT2D eigenvalue weighted by atomic mass is 32.2. The van der Waals surface area contributed by atoms with Crippen LogP contribution >= 0.6 is 0 Å². The van der Waals surface area contributed by atoms with Crippen molar-refractivity contribution in [1.82, 2.24) is 0 Å². The van der Waals surface area contributed by atoms with E-state index in [0.717, 1.165) is 0 Å². The van der Waals surface area contributed by atoms with E-state index in [-0.39, 0.29) is 17.3 Å². The maximum atomic E-state index is 11.2. The Bertz CT molecular complexity index is 242. The van der Waals surface area contributed by atoms with E-state index >= 15 is 0 Å². The SMILES string of the molecule is CCCS(=O)(=O)CCCC(=O)CC. The van der Waals surface area contributed by atoms with E-state index in [9.17, 15) is 13.2 Å². The van der Waals surface area contributed by atoms with Gasteiger partial charge in [0, 0.05) is 18.6 Å². The van der Waals surface area contributed by atoms with Gasteiger partial charge < -0.3 is 0 Å². The van der Waals surface area contributed by atoms with Gasteiger partial charge in [-0.15, -0.1) is 0 Å². The zero-order valence-electron chi connectivity index (χ0n) is 8.38. The molecule has 0 radical (unpaired) electrons. The summed E-state index contributed by atoms with van der Waals surface area (Å²) in [7, 11) is -2.89. The average molecular weight is 206 g/mol. The number of Topliss-reactive ketones (excluding diaryl/α,β-unsaturated/α-hetero) is 1. The highest BCUT2D eigenvalue weighted by Gasteiger charge is 2.09. The van der Waals surface area contributed by atoms with Gasteiger partial charge in [0.1, 0.15) is 15.6 Å². The van der Waals surface area contributed by atoms with Gasteiger partial charge >= 0.3 is 0 Å². The second-order valence-electron chi connectivity index (χ2n) is 3.15. The Balaban J connectivity index is 3.70. The van der Waals surface area contributed by atoms with Gasteiger partial charge in [-0.25, -0.2) is 8.42 Å². The van der Waals surface area contributed by atoms with Crippen LogP contribution in [0.3, 0.4) is 0 Å². The molecule has 0 bridgehead atoms. The van der Waals surface area contributed by atoms with Gasteiger partial charge in [0.15, 0.2) is 0 Å². The first kappa shape index (κ1) is 12.6. The third-order valence-electron chi connectivity index (χ3n) is 1.82. The van der Waals surface area contributed by atoms with Gasteiger partial charge in [-0.3, -0.25) is 4.79 Å². The summed E-state index contributed by atoms with van der Waals surface area (Å²) in [6.45, 7) is 3.64. The van der Waals surface area contributed by atoms with Crippen molar-refractivity contribution < 1.29 is 13.2 Å². The van der Waals surface area contributed by atoms with Crippen molar-refractivity contribution >= 4 is 15.6 Å². The average Bonchev–Trinajstić information content (AvgIpc) is 2.03. The minimum absolute atomic E-state index is 0.145. The lowest BCUT2D eigenvalue weighted by Gasteiger charge is -2.01. The van der Waals surface area contributed by atoms with E-state index in [2.05, 4.69) is 0 Å². The quantitative estimate of drug-likeness (QED) is 0.635. The number of hydrogen-bond acceptors (Lipinski definition) is 3. The molecule has 4 heteroatoms. The third-order valence-corrected chi connectivity index (χ3v) is 3.76. The van der Waals surface area contributed by atoms with Gasteiger partial charge in [0.05, 0.1) is 5.75 Å². The molecule has 0 aromatic heterocycles. The van der Waals surface area contributed by atoms with Crippen LogP contribution in [0.5, 0.6) is 0 Å². The summed E-state index contributed by atoms with van der Waals surface area (Å²) in [5.74, 6) is 0.548. The highest BCUT2D eigenvalue weighted by molar-refractivity contribution is 7.91. The Kier molecular flexibility index (Phi) is 5.95. The molecule has 0 atom stereocenters. The topological polar surface area (TPSA) is 51.2 Å². The van der Waals surface area contributed by atoms with Crippen molar-refractivity contribution in [3.8, 4) is 0 Å². The predicted molar refractivity (Wildman–Crippen MR) is 53.5 cm³/mol. The number of carbonyl (C=O) groups excluding carboxylic acids is 1. The van der Waals surface area contributed by atoms with Crippen molar-refractivity contribution in [2.75, 3.05) is 11.5 Å². The first-order valence-corrected chi connectivity index (χ1v) is 6.56. The fourth-order valence-electron chi connectivity index (χ4n) is 1.08. The second kappa shape index (κ2) is 6.13. The fraction of sp³-hybridized carbons (Fsp3) is 0.889. The van der Waals surface area contributed by atoms with Crippen LogP contribution in [0.4, 0.5) is 0 Å². The molecule has 0 fully saturated rings. The molecule has 0 aromatic carbocycles. The molecule has 0 spiro atoms. The summed E-state index contributed by atoms with van der Waals surface area (Å²) in [5.41, 5.74) is 0. The van der Waals surface area contributed by atoms with Crippen molar-refractivity contribution in [1.29, 1.82) is 0 Å². The van der Waals surface area contributed by atoms with Crippen LogP contribution in [0, 0.1) is 0 Å². The Morgan fingerprint density at radius 1 is 1.15 bits per heavy atom. The lowest BCUT2D eigenvalue weighted by Crippen LogP contribution is -2.11. The summed E-state index contributed by atoms with van der Waals surface area (Å²) < 4.78 is 22.4. The molecule has 0 rings (SSSR count). The van der Waals surface area contributed by atoms with Crippen LogP contribution in [0.25, 0.3) is 0 Å². The number of carbonyl (C=O) groups is 1. The van der Waals surface area contributed by atoms with Gasteiger partial charge in [-0.2, -0.15) is 0 Å². The molecule has 13 heavy (non-hydrogen) atoms. The largest absolute Gasteiger partial charge is 0.300 e. The minimum atomic E-state index is -2.89. The van der Waals surface area contributed by atoms with Crippen molar-refractivity contribution in [3.05, 3.63) is 0 Å². The molecule has 0 heterocycles. The highest BCUT2D eigenvalue weighted by Crippen LogP contribution is 2.01. The fourth-order valence-corrected chi connectivity index (χ4v) is 2.49. The lowest BCUT2D eigenvalue weighted by atomic mass is 10.2. The van der Waals surface area contributed by atoms with Gasteiger partial charge in [-0.1, -0.05) is 13.8 Å². The van der Waals surface area contributed by atoms with E-state index in [4.69, 9.17) is 0 Å². The Morgan fingerprint density at radius 2 is 1.77 bits per heavy atom. The Hall–Kier alpha value is -0.380. The maximum Gasteiger partial charge on any atom is 0.150 e. The lowest BCUT2D eigenvalue weighted by molar-refractivity contribution is -0.118. The van der Waals surface area contributed by atoms with Crippen molar-refractivity contribution in [3.63, 3.8) is 0 Å². The molecule has 0 aliphatic carbocycles. The van der Waals surface area contributed by atoms with Crippen molar-refractivity contribution in [2.45, 2.75) is 39.5 Å². The predicted octanol–water partition coefficient (Wildman–Crippen LogP) is 1.57. The normalized spacial score (nSPS) is 11.5. The Labute approximate surface area is 80.4 Å². The standard InChI is InChI=1S/C9H18O3S/c1-3-7-13(11,12)8-5-6-9(10)4-2/h3-8H2,1-2H3. The van der Waals surface area contributed by atoms with Crippen LogP contribution in [0.1, 0.15) is 39.5 Å². The Morgan fingerprint density at radius 3 is 2.23 bits per heavy atom. The van der Waals surface area contributed by atoms with E-state index < -0.39 is 9.84 Å². The molecule has 3 nitrogen and oxygen atoms in total. The van der Waals surface area contributed by atoms with E-state index in [1.165, 1.54) is 0 Å². The van der Waals surface area contributed by atoms with Crippen molar-refractivity contribution in [2.24, 2.45) is 0 Å². The molecule has 0 aliphatic rings. The first-order chi connectivity index (χ1) is 6.02. The second-order valence-corrected chi connectivity index (χ2v) is 5.45. The van der Waals surface area contributed by atoms with Crippen LogP contribution in [-0.2, 0) is 14.6 Å². The summed E-state index contributed by atoms with van der Waals surface area (Å²) in [4.78, 5) is 10.9. The van der Waals surface area contributed by atoms with Gasteiger partial charge in [-0.05, 0) is 12.8 Å². The van der Waals surface area contributed by atoms with Crippen LogP contribution < -0.4 is 0 Å². The molecule has 0 aliphatic heterocycles. The third kappa shape index (κ3) is 6.75. The molecule has 0 saturated carbocycles. The summed E-state index contributed by atoms with van der Waals surface area (Å²) >= 11 is 0. The first-order valence-electron chi connectivity index (χ1n) is 4.74. The molecule has 0 N–H and O–H groups in total. The smallest absolute Gasteiger partial charge is 0.150 e. The van der Waals surface area contributed by atoms with E-state index in [1.807, 2.05) is 6.92 Å². The monoisotopic (exact) mass is 206 g/mol. The number of sulfone groups is 1. The van der Waals surface area contributed by atoms with Crippen LogP contribution in [-0.4, -0.2) is 25.7 Å². The zero-order valence-corrected chi connectivity index (χ0v) is 9.19. The molecule has 0 aromatic rings. The summed E-state index contributed by atoms with van der Waals surface area (Å²) in [5, 5.41) is 0. The summed E-state index contributed by atoms with van der Waals surface area (Å²) in [6, 6.07) is 0. The zero-order chi connectivity index (χ0) is 10.3. The van der Waals surface area contributed by atoms with Gasteiger partial charge in [0.25, 0.3) is 0 Å². The number of rotatable bonds is 7. The number of ketones is 1. The minimum Gasteiger partial charge on any atom is -0.300 e. The van der Waals surface area contributed by atoms with E-state index in [0.29, 0.717) is 25.7 Å². The molecule has 0 unspecified atom stereocenters. The molecular formula is C9H18O3S. The summed E-state index contributed by atoms with van der Waals surface area (Å²) in [6.07, 6.45) is 2.05. The molecule has 0 saturated heterocycles. The molecular weight excluding hydrogens is 188 g/mol. The van der Waals surface area contributed by atoms with Crippen LogP contribution in [0.2, 0.25) is 0 Å². The molecule has 0 amide bonds.